The summed E-state index contributed by atoms with van der Waals surface area (Å²) in [6.45, 7) is 2.09. The molecule has 2 aromatic rings. The summed E-state index contributed by atoms with van der Waals surface area (Å²) in [4.78, 5) is 13.8. The van der Waals surface area contributed by atoms with Gasteiger partial charge in [0.05, 0.1) is 19.9 Å². The van der Waals surface area contributed by atoms with Crippen molar-refractivity contribution < 1.29 is 23.3 Å². The second-order valence-electron chi connectivity index (χ2n) is 9.53. The average Bonchev–Trinajstić information content (AvgIpc) is 3.62. The number of ether oxygens (including phenoxy) is 2. The first-order valence-corrected chi connectivity index (χ1v) is 13.8. The fourth-order valence-electron chi connectivity index (χ4n) is 4.94. The van der Waals surface area contributed by atoms with Crippen molar-refractivity contribution in [3.8, 4) is 11.6 Å². The van der Waals surface area contributed by atoms with E-state index in [2.05, 4.69) is 4.98 Å². The number of rotatable bonds is 9. The number of halogens is 1. The first kappa shape index (κ1) is 23.3. The van der Waals surface area contributed by atoms with Crippen LogP contribution in [0.4, 0.5) is 4.39 Å². The molecule has 0 aliphatic heterocycles. The van der Waals surface area contributed by atoms with Crippen molar-refractivity contribution in [3.05, 3.63) is 53.5 Å². The minimum atomic E-state index is -3.07. The Hall–Kier alpha value is -1.91. The summed E-state index contributed by atoms with van der Waals surface area (Å²) in [5, 5.41) is 0. The molecule has 0 spiro atoms. The molecule has 1 unspecified atom stereocenters. The molecule has 1 N–H and O–H groups in total. The zero-order valence-electron chi connectivity index (χ0n) is 18.9. The van der Waals surface area contributed by atoms with Crippen molar-refractivity contribution in [2.75, 3.05) is 26.5 Å². The Kier molecular flexibility index (Phi) is 7.21. The van der Waals surface area contributed by atoms with Gasteiger partial charge >= 0.3 is 0 Å². The highest BCUT2D eigenvalue weighted by Crippen LogP contribution is 2.50. The summed E-state index contributed by atoms with van der Waals surface area (Å²) in [5.41, 5.74) is 1.80. The molecule has 2 aliphatic carbocycles. The van der Waals surface area contributed by atoms with Crippen molar-refractivity contribution in [3.63, 3.8) is 0 Å². The topological polar surface area (TPSA) is 68.7 Å². The number of aromatic nitrogens is 1. The average molecular weight is 462 g/mol. The van der Waals surface area contributed by atoms with Gasteiger partial charge in [-0.3, -0.25) is 4.57 Å². The lowest BCUT2D eigenvalue weighted by Gasteiger charge is -2.29. The second kappa shape index (κ2) is 9.93. The van der Waals surface area contributed by atoms with Crippen molar-refractivity contribution in [2.24, 2.45) is 11.8 Å². The number of pyridine rings is 1. The summed E-state index contributed by atoms with van der Waals surface area (Å²) in [5.74, 6) is 2.28. The van der Waals surface area contributed by atoms with E-state index in [4.69, 9.17) is 9.47 Å². The lowest BCUT2D eigenvalue weighted by atomic mass is 9.79. The fraction of sp³-hybridized carbons (Fsp3) is 0.560. The normalized spacial score (nSPS) is 23.9. The zero-order valence-corrected chi connectivity index (χ0v) is 19.8. The molecule has 1 heterocycles. The second-order valence-corrected chi connectivity index (χ2v) is 12.0. The Bertz CT molecular complexity index is 966. The van der Waals surface area contributed by atoms with E-state index in [0.717, 1.165) is 49.8 Å². The van der Waals surface area contributed by atoms with Gasteiger partial charge in [-0.25, -0.2) is 9.37 Å². The zero-order chi connectivity index (χ0) is 22.7. The highest BCUT2D eigenvalue weighted by Gasteiger charge is 2.35. The van der Waals surface area contributed by atoms with Gasteiger partial charge < -0.3 is 14.4 Å². The highest BCUT2D eigenvalue weighted by atomic mass is 31.2. The van der Waals surface area contributed by atoms with Gasteiger partial charge in [0, 0.05) is 18.9 Å². The summed E-state index contributed by atoms with van der Waals surface area (Å²) in [6.07, 6.45) is 7.66. The van der Waals surface area contributed by atoms with E-state index in [1.54, 1.807) is 13.2 Å². The van der Waals surface area contributed by atoms with Crippen LogP contribution in [0.3, 0.4) is 0 Å². The van der Waals surface area contributed by atoms with Crippen LogP contribution < -0.4 is 9.47 Å². The quantitative estimate of drug-likeness (QED) is 0.466. The Balaban J connectivity index is 1.32. The molecule has 32 heavy (non-hydrogen) atoms. The minimum absolute atomic E-state index is 0.127. The number of methoxy groups -OCH3 is 1. The van der Waals surface area contributed by atoms with Crippen molar-refractivity contribution in [1.82, 2.24) is 4.98 Å². The van der Waals surface area contributed by atoms with Crippen LogP contribution >= 0.6 is 7.37 Å². The van der Waals surface area contributed by atoms with Gasteiger partial charge in [-0.1, -0.05) is 12.1 Å². The van der Waals surface area contributed by atoms with Gasteiger partial charge in [0.15, 0.2) is 7.37 Å². The molecule has 1 aromatic heterocycles. The number of nitrogens with zero attached hydrogens (tertiary/aromatic N) is 1. The third kappa shape index (κ3) is 6.11. The van der Waals surface area contributed by atoms with E-state index in [1.807, 2.05) is 24.3 Å². The molecule has 1 aromatic carbocycles. The number of benzene rings is 1. The van der Waals surface area contributed by atoms with Gasteiger partial charge in [0.25, 0.3) is 0 Å². The van der Waals surface area contributed by atoms with Crippen LogP contribution in [0.25, 0.3) is 0 Å². The largest absolute Gasteiger partial charge is 0.493 e. The molecule has 4 rings (SSSR count). The molecule has 0 bridgehead atoms. The van der Waals surface area contributed by atoms with E-state index in [0.29, 0.717) is 36.0 Å². The van der Waals surface area contributed by atoms with Crippen LogP contribution in [0.2, 0.25) is 0 Å². The van der Waals surface area contributed by atoms with Crippen molar-refractivity contribution >= 4 is 7.37 Å². The number of hydrogen-bond acceptors (Lipinski definition) is 4. The third-order valence-electron chi connectivity index (χ3n) is 6.85. The monoisotopic (exact) mass is 461 g/mol. The summed E-state index contributed by atoms with van der Waals surface area (Å²) in [7, 11) is -1.53. The Morgan fingerprint density at radius 2 is 1.94 bits per heavy atom. The molecular formula is C25H33FNO4P. The maximum absolute atomic E-state index is 14.2. The van der Waals surface area contributed by atoms with Crippen LogP contribution in [0.5, 0.6) is 11.6 Å². The summed E-state index contributed by atoms with van der Waals surface area (Å²) >= 11 is 0. The lowest BCUT2D eigenvalue weighted by molar-refractivity contribution is 0.199. The van der Waals surface area contributed by atoms with Gasteiger partial charge in [0.2, 0.25) is 5.88 Å². The fourth-order valence-corrected chi connectivity index (χ4v) is 6.18. The minimum Gasteiger partial charge on any atom is -0.493 e. The number of hydrogen-bond donors (Lipinski definition) is 1. The first-order chi connectivity index (χ1) is 15.3. The van der Waals surface area contributed by atoms with E-state index >= 15 is 0 Å². The van der Waals surface area contributed by atoms with Gasteiger partial charge in [0.1, 0.15) is 11.6 Å². The predicted molar refractivity (Wildman–Crippen MR) is 123 cm³/mol. The third-order valence-corrected chi connectivity index (χ3v) is 7.92. The van der Waals surface area contributed by atoms with Crippen molar-refractivity contribution in [1.29, 1.82) is 0 Å². The van der Waals surface area contributed by atoms with Crippen LogP contribution in [-0.4, -0.2) is 36.4 Å². The lowest BCUT2D eigenvalue weighted by Crippen LogP contribution is -2.20. The molecule has 2 fully saturated rings. The van der Waals surface area contributed by atoms with E-state index in [-0.39, 0.29) is 17.7 Å². The summed E-state index contributed by atoms with van der Waals surface area (Å²) in [6, 6.07) is 9.76. The van der Waals surface area contributed by atoms with Gasteiger partial charge in [-0.05, 0) is 85.5 Å². The maximum Gasteiger partial charge on any atom is 0.213 e. The Morgan fingerprint density at radius 1 is 1.19 bits per heavy atom. The van der Waals surface area contributed by atoms with Crippen LogP contribution in [-0.2, 0) is 4.57 Å². The molecule has 2 aliphatic rings. The van der Waals surface area contributed by atoms with E-state index < -0.39 is 7.37 Å². The van der Waals surface area contributed by atoms with Crippen molar-refractivity contribution in [2.45, 2.75) is 50.4 Å². The molecular weight excluding hydrogens is 428 g/mol. The smallest absolute Gasteiger partial charge is 0.213 e. The van der Waals surface area contributed by atoms with Gasteiger partial charge in [-0.15, -0.1) is 0 Å². The Labute approximate surface area is 189 Å². The standard InChI is InChI=1S/C25H33FNO4P/c1-30-25-13-22(24(26)14-27-25)18-8-6-17(7-9-18)15-31-21-5-3-4-20(12-21)23(19-10-11-19)16-32(2,28)29/h3-5,12-14,17-19,23H,6-11,15-16H2,1-2H3,(H,28,29)/t17?,18?,23-/m0/s1. The molecule has 7 heteroatoms. The SMILES string of the molecule is COc1cc(C2CCC(COc3cccc([C@@H](CP(C)(=O)O)C4CC4)c3)CC2)c(F)cn1. The maximum atomic E-state index is 14.2. The Morgan fingerprint density at radius 3 is 2.59 bits per heavy atom. The predicted octanol–water partition coefficient (Wildman–Crippen LogP) is 5.98. The molecule has 5 nitrogen and oxygen atoms in total. The molecule has 0 radical (unpaired) electrons. The molecule has 2 atom stereocenters. The van der Waals surface area contributed by atoms with Gasteiger partial charge in [-0.2, -0.15) is 0 Å². The first-order valence-electron chi connectivity index (χ1n) is 11.5. The van der Waals surface area contributed by atoms with Crippen LogP contribution in [0.1, 0.15) is 61.5 Å². The van der Waals surface area contributed by atoms with E-state index in [9.17, 15) is 13.8 Å². The molecule has 2 saturated carbocycles. The molecule has 0 saturated heterocycles. The summed E-state index contributed by atoms with van der Waals surface area (Å²) < 4.78 is 37.6. The molecule has 174 valence electrons. The van der Waals surface area contributed by atoms with Crippen LogP contribution in [0.15, 0.2) is 36.5 Å². The highest BCUT2D eigenvalue weighted by molar-refractivity contribution is 7.57. The van der Waals surface area contributed by atoms with Crippen LogP contribution in [0, 0.1) is 17.7 Å². The molecule has 0 amide bonds. The van der Waals surface area contributed by atoms with E-state index in [1.165, 1.54) is 12.9 Å².